The van der Waals surface area contributed by atoms with E-state index in [0.717, 1.165) is 32.7 Å². The van der Waals surface area contributed by atoms with Gasteiger partial charge in [-0.2, -0.15) is 0 Å². The van der Waals surface area contributed by atoms with Gasteiger partial charge in [0.1, 0.15) is 0 Å². The molecule has 0 aromatic heterocycles. The van der Waals surface area contributed by atoms with Crippen molar-refractivity contribution in [2.24, 2.45) is 0 Å². The maximum absolute atomic E-state index is 5.46. The van der Waals surface area contributed by atoms with E-state index in [4.69, 9.17) is 9.47 Å². The topological polar surface area (TPSA) is 18.5 Å². The zero-order valence-corrected chi connectivity index (χ0v) is 7.93. The van der Waals surface area contributed by atoms with Crippen LogP contribution in [-0.2, 0) is 9.47 Å². The van der Waals surface area contributed by atoms with E-state index in [1.54, 1.807) is 0 Å². The molecule has 0 bridgehead atoms. The van der Waals surface area contributed by atoms with E-state index in [2.05, 4.69) is 6.92 Å². The lowest BCUT2D eigenvalue weighted by Gasteiger charge is -2.13. The Morgan fingerprint density at radius 3 is 2.27 bits per heavy atom. The van der Waals surface area contributed by atoms with E-state index < -0.39 is 0 Å². The van der Waals surface area contributed by atoms with E-state index in [1.807, 2.05) is 13.8 Å². The third kappa shape index (κ3) is 6.32. The average Bonchev–Trinajstić information content (AvgIpc) is 2.03. The molecule has 0 heterocycles. The lowest BCUT2D eigenvalue weighted by Crippen LogP contribution is -2.14. The molecule has 0 rings (SSSR count). The third-order valence-electron chi connectivity index (χ3n) is 1.65. The molecule has 0 fully saturated rings. The predicted molar refractivity (Wildman–Crippen MR) is 46.8 cm³/mol. The molecule has 0 aliphatic rings. The summed E-state index contributed by atoms with van der Waals surface area (Å²) in [5.74, 6) is 0. The Morgan fingerprint density at radius 2 is 1.82 bits per heavy atom. The van der Waals surface area contributed by atoms with Gasteiger partial charge in [0, 0.05) is 19.8 Å². The van der Waals surface area contributed by atoms with Gasteiger partial charge in [0.2, 0.25) is 0 Å². The van der Waals surface area contributed by atoms with Crippen LogP contribution in [0.1, 0.15) is 33.6 Å². The molecule has 0 aliphatic carbocycles. The summed E-state index contributed by atoms with van der Waals surface area (Å²) in [5.41, 5.74) is 0. The Morgan fingerprint density at radius 1 is 1.09 bits per heavy atom. The van der Waals surface area contributed by atoms with Crippen molar-refractivity contribution in [1.82, 2.24) is 0 Å². The molecule has 2 nitrogen and oxygen atoms in total. The van der Waals surface area contributed by atoms with E-state index in [1.165, 1.54) is 0 Å². The van der Waals surface area contributed by atoms with Crippen LogP contribution in [0.15, 0.2) is 0 Å². The van der Waals surface area contributed by atoms with E-state index in [-0.39, 0.29) is 0 Å². The molecule has 1 atom stereocenters. The first kappa shape index (κ1) is 10.9. The number of ether oxygens (including phenoxy) is 2. The Bertz CT molecular complexity index is 74.0. The summed E-state index contributed by atoms with van der Waals surface area (Å²) < 4.78 is 10.7. The van der Waals surface area contributed by atoms with Gasteiger partial charge < -0.3 is 9.47 Å². The number of rotatable bonds is 7. The highest BCUT2D eigenvalue weighted by Gasteiger charge is 2.03. The van der Waals surface area contributed by atoms with Gasteiger partial charge in [-0.05, 0) is 26.7 Å². The van der Waals surface area contributed by atoms with Crippen molar-refractivity contribution in [2.75, 3.05) is 19.8 Å². The molecule has 11 heavy (non-hydrogen) atoms. The largest absolute Gasteiger partial charge is 0.382 e. The summed E-state index contributed by atoms with van der Waals surface area (Å²) >= 11 is 0. The third-order valence-corrected chi connectivity index (χ3v) is 1.65. The second-order valence-corrected chi connectivity index (χ2v) is 2.47. The lowest BCUT2D eigenvalue weighted by atomic mass is 10.2. The molecule has 0 amide bonds. The molecule has 0 aliphatic heterocycles. The smallest absolute Gasteiger partial charge is 0.0594 e. The quantitative estimate of drug-likeness (QED) is 0.532. The summed E-state index contributed by atoms with van der Waals surface area (Å²) in [6, 6.07) is 0. The van der Waals surface area contributed by atoms with Crippen molar-refractivity contribution in [1.29, 1.82) is 0 Å². The van der Waals surface area contributed by atoms with E-state index >= 15 is 0 Å². The molecule has 0 spiro atoms. The van der Waals surface area contributed by atoms with Gasteiger partial charge in [0.25, 0.3) is 0 Å². The summed E-state index contributed by atoms with van der Waals surface area (Å²) in [4.78, 5) is 0. The van der Waals surface area contributed by atoms with Gasteiger partial charge in [-0.3, -0.25) is 0 Å². The average molecular weight is 160 g/mol. The fourth-order valence-electron chi connectivity index (χ4n) is 1.00. The summed E-state index contributed by atoms with van der Waals surface area (Å²) in [7, 11) is 0. The van der Waals surface area contributed by atoms with Crippen molar-refractivity contribution in [3.8, 4) is 0 Å². The molecule has 0 radical (unpaired) electrons. The summed E-state index contributed by atoms with van der Waals surface area (Å²) in [6.45, 7) is 8.64. The maximum Gasteiger partial charge on any atom is 0.0594 e. The van der Waals surface area contributed by atoms with Crippen LogP contribution >= 0.6 is 0 Å². The van der Waals surface area contributed by atoms with Crippen LogP contribution in [0.3, 0.4) is 0 Å². The van der Waals surface area contributed by atoms with Crippen molar-refractivity contribution >= 4 is 0 Å². The van der Waals surface area contributed by atoms with E-state index in [9.17, 15) is 0 Å². The van der Waals surface area contributed by atoms with Crippen LogP contribution in [-0.4, -0.2) is 25.9 Å². The minimum atomic E-state index is 0.395. The van der Waals surface area contributed by atoms with Crippen LogP contribution in [0.2, 0.25) is 0 Å². The van der Waals surface area contributed by atoms with Crippen molar-refractivity contribution in [3.63, 3.8) is 0 Å². The highest BCUT2D eigenvalue weighted by Crippen LogP contribution is 2.03. The second kappa shape index (κ2) is 8.02. The molecule has 1 unspecified atom stereocenters. The molecule has 0 saturated heterocycles. The first-order valence-electron chi connectivity index (χ1n) is 4.54. The fraction of sp³-hybridized carbons (Fsp3) is 1.00. The highest BCUT2D eigenvalue weighted by atomic mass is 16.5. The molecule has 0 aromatic carbocycles. The Hall–Kier alpha value is -0.0800. The highest BCUT2D eigenvalue weighted by molar-refractivity contribution is 4.53. The summed E-state index contributed by atoms with van der Waals surface area (Å²) in [6.07, 6.45) is 2.51. The number of hydrogen-bond donors (Lipinski definition) is 0. The van der Waals surface area contributed by atoms with Crippen LogP contribution < -0.4 is 0 Å². The van der Waals surface area contributed by atoms with Crippen LogP contribution in [0.4, 0.5) is 0 Å². The second-order valence-electron chi connectivity index (χ2n) is 2.47. The first-order chi connectivity index (χ1) is 5.35. The normalized spacial score (nSPS) is 13.4. The molecule has 0 saturated carbocycles. The van der Waals surface area contributed by atoms with Crippen LogP contribution in [0.25, 0.3) is 0 Å². The molecule has 0 N–H and O–H groups in total. The fourth-order valence-corrected chi connectivity index (χ4v) is 1.00. The van der Waals surface area contributed by atoms with Gasteiger partial charge in [-0.15, -0.1) is 0 Å². The Balaban J connectivity index is 3.20. The Kier molecular flexibility index (Phi) is 7.96. The molecular weight excluding hydrogens is 140 g/mol. The number of hydrogen-bond acceptors (Lipinski definition) is 2. The van der Waals surface area contributed by atoms with E-state index in [0.29, 0.717) is 6.10 Å². The maximum atomic E-state index is 5.46. The van der Waals surface area contributed by atoms with Crippen molar-refractivity contribution in [3.05, 3.63) is 0 Å². The van der Waals surface area contributed by atoms with Crippen molar-refractivity contribution < 1.29 is 9.47 Å². The zero-order chi connectivity index (χ0) is 8.53. The monoisotopic (exact) mass is 160 g/mol. The van der Waals surface area contributed by atoms with Gasteiger partial charge >= 0.3 is 0 Å². The van der Waals surface area contributed by atoms with Gasteiger partial charge in [0.15, 0.2) is 0 Å². The predicted octanol–water partition coefficient (Wildman–Crippen LogP) is 2.23. The molecule has 0 aromatic rings. The minimum absolute atomic E-state index is 0.395. The first-order valence-corrected chi connectivity index (χ1v) is 4.54. The van der Waals surface area contributed by atoms with Gasteiger partial charge in [-0.25, -0.2) is 0 Å². The lowest BCUT2D eigenvalue weighted by molar-refractivity contribution is 0.0279. The molecule has 68 valence electrons. The van der Waals surface area contributed by atoms with Gasteiger partial charge in [0.05, 0.1) is 6.10 Å². The van der Waals surface area contributed by atoms with Crippen molar-refractivity contribution in [2.45, 2.75) is 39.7 Å². The standard InChI is InChI=1S/C9H20O2/c1-4-9(11-6-3)7-8-10-5-2/h9H,4-8H2,1-3H3. The molecular formula is C9H20O2. The summed E-state index contributed by atoms with van der Waals surface area (Å²) in [5, 5.41) is 0. The Labute approximate surface area is 69.9 Å². The van der Waals surface area contributed by atoms with Gasteiger partial charge in [-0.1, -0.05) is 6.92 Å². The van der Waals surface area contributed by atoms with Crippen LogP contribution in [0.5, 0.6) is 0 Å². The molecule has 2 heteroatoms. The SMILES string of the molecule is CCOCCC(CC)OCC. The van der Waals surface area contributed by atoms with Crippen LogP contribution in [0, 0.1) is 0 Å². The minimum Gasteiger partial charge on any atom is -0.382 e. The zero-order valence-electron chi connectivity index (χ0n) is 7.93.